The van der Waals surface area contributed by atoms with E-state index >= 15 is 0 Å². The number of aliphatic hydroxyl groups excluding tert-OH is 7. The van der Waals surface area contributed by atoms with Crippen LogP contribution in [0.15, 0.2) is 85.1 Å². The molecular weight excluding hydrogens is 889 g/mol. The predicted octanol–water partition coefficient (Wildman–Crippen LogP) is 7.21. The Bertz CT molecular complexity index is 1520. The van der Waals surface area contributed by atoms with Crippen LogP contribution in [0.5, 0.6) is 0 Å². The lowest BCUT2D eigenvalue weighted by molar-refractivity contribution is -0.332. The number of aliphatic hydroxyl groups is 7. The summed E-state index contributed by atoms with van der Waals surface area (Å²) >= 11 is 0. The van der Waals surface area contributed by atoms with E-state index in [0.717, 1.165) is 70.6 Å². The van der Waals surface area contributed by atoms with E-state index in [1.54, 1.807) is 0 Å². The van der Waals surface area contributed by atoms with Gasteiger partial charge in [-0.15, -0.1) is 0 Å². The first-order valence-corrected chi connectivity index (χ1v) is 25.7. The molecule has 2 aliphatic rings. The molecule has 69 heavy (non-hydrogen) atoms. The molecule has 2 fully saturated rings. The van der Waals surface area contributed by atoms with Gasteiger partial charge >= 0.3 is 11.9 Å². The lowest BCUT2D eigenvalue weighted by Crippen LogP contribution is -2.61. The Balaban J connectivity index is 1.86. The van der Waals surface area contributed by atoms with Crippen LogP contribution in [-0.4, -0.2) is 142 Å². The summed E-state index contributed by atoms with van der Waals surface area (Å²) in [5, 5.41) is 72.1. The second-order valence-corrected chi connectivity index (χ2v) is 17.6. The van der Waals surface area contributed by atoms with E-state index < -0.39 is 99.3 Å². The maximum absolute atomic E-state index is 13.0. The van der Waals surface area contributed by atoms with Crippen molar-refractivity contribution in [2.24, 2.45) is 0 Å². The number of rotatable bonds is 38. The minimum Gasteiger partial charge on any atom is -0.462 e. The Morgan fingerprint density at radius 3 is 1.46 bits per heavy atom. The summed E-state index contributed by atoms with van der Waals surface area (Å²) < 4.78 is 33.4. The average molecular weight is 977 g/mol. The van der Waals surface area contributed by atoms with E-state index in [0.29, 0.717) is 19.3 Å². The molecule has 394 valence electrons. The number of allylic oxidation sites excluding steroid dienone is 14. The fourth-order valence-electron chi connectivity index (χ4n) is 7.33. The molecule has 0 bridgehead atoms. The molecule has 15 heteroatoms. The molecule has 2 rings (SSSR count). The highest BCUT2D eigenvalue weighted by Crippen LogP contribution is 2.26. The Morgan fingerprint density at radius 1 is 0.464 bits per heavy atom. The lowest BCUT2D eigenvalue weighted by Gasteiger charge is -2.42. The van der Waals surface area contributed by atoms with E-state index in [1.165, 1.54) is 32.1 Å². The van der Waals surface area contributed by atoms with E-state index in [1.807, 2.05) is 12.2 Å². The zero-order valence-electron chi connectivity index (χ0n) is 41.5. The number of carbonyl (C=O) groups is 2. The van der Waals surface area contributed by atoms with Crippen molar-refractivity contribution in [3.8, 4) is 0 Å². The van der Waals surface area contributed by atoms with Gasteiger partial charge in [0.05, 0.1) is 19.8 Å². The molecule has 15 nitrogen and oxygen atoms in total. The number of esters is 2. The van der Waals surface area contributed by atoms with Gasteiger partial charge in [-0.2, -0.15) is 0 Å². The third-order valence-corrected chi connectivity index (χ3v) is 11.6. The molecule has 0 aromatic heterocycles. The van der Waals surface area contributed by atoms with Crippen LogP contribution in [-0.2, 0) is 38.0 Å². The Kier molecular flexibility index (Phi) is 36.1. The van der Waals surface area contributed by atoms with Crippen LogP contribution in [0.4, 0.5) is 0 Å². The normalized spacial score (nSPS) is 26.3. The highest BCUT2D eigenvalue weighted by Gasteiger charge is 2.47. The largest absolute Gasteiger partial charge is 0.462 e. The first kappa shape index (κ1) is 61.8. The second-order valence-electron chi connectivity index (χ2n) is 17.6. The SMILES string of the molecule is CCCC/C=C/C/C=C/CCCCCCCC(=O)OC[C@H](CO[C@H]1O[C@@H](CO[C@H]2O[C@@H](CO)[C@@H](O)C(O)C2O)[C@@H](O)C(O)C1O)OC(=O)CC/C=C/C/C=C/C/C=C/C/C=C/C/C=C/CCCCC. The smallest absolute Gasteiger partial charge is 0.306 e. The summed E-state index contributed by atoms with van der Waals surface area (Å²) in [5.74, 6) is -1.05. The molecule has 2 saturated heterocycles. The first-order chi connectivity index (χ1) is 33.5. The summed E-state index contributed by atoms with van der Waals surface area (Å²) in [7, 11) is 0. The van der Waals surface area contributed by atoms with Crippen molar-refractivity contribution >= 4 is 11.9 Å². The Labute approximate surface area is 412 Å². The van der Waals surface area contributed by atoms with Crippen molar-refractivity contribution in [1.29, 1.82) is 0 Å². The van der Waals surface area contributed by atoms with Gasteiger partial charge in [-0.3, -0.25) is 9.59 Å². The molecule has 0 aromatic rings. The molecule has 2 aliphatic heterocycles. The van der Waals surface area contributed by atoms with Gasteiger partial charge in [0.25, 0.3) is 0 Å². The van der Waals surface area contributed by atoms with Crippen LogP contribution < -0.4 is 0 Å². The molecule has 0 amide bonds. The molecule has 0 aromatic carbocycles. The quantitative estimate of drug-likeness (QED) is 0.0184. The molecule has 0 saturated carbocycles. The zero-order valence-corrected chi connectivity index (χ0v) is 41.5. The maximum Gasteiger partial charge on any atom is 0.306 e. The highest BCUT2D eigenvalue weighted by molar-refractivity contribution is 5.70. The fourth-order valence-corrected chi connectivity index (χ4v) is 7.33. The number of hydrogen-bond donors (Lipinski definition) is 7. The second kappa shape index (κ2) is 40.3. The van der Waals surface area contributed by atoms with Gasteiger partial charge in [-0.25, -0.2) is 0 Å². The fraction of sp³-hybridized carbons (Fsp3) is 0.704. The van der Waals surface area contributed by atoms with Crippen LogP contribution >= 0.6 is 0 Å². The lowest BCUT2D eigenvalue weighted by atomic mass is 9.98. The molecule has 4 unspecified atom stereocenters. The number of carbonyl (C=O) groups excluding carboxylic acids is 2. The molecule has 7 N–H and O–H groups in total. The van der Waals surface area contributed by atoms with Gasteiger partial charge in [0.15, 0.2) is 18.7 Å². The summed E-state index contributed by atoms with van der Waals surface area (Å²) in [4.78, 5) is 25.7. The monoisotopic (exact) mass is 977 g/mol. The van der Waals surface area contributed by atoms with Crippen molar-refractivity contribution in [3.05, 3.63) is 85.1 Å². The van der Waals surface area contributed by atoms with Crippen LogP contribution in [0.2, 0.25) is 0 Å². The minimum absolute atomic E-state index is 0.0340. The minimum atomic E-state index is -1.78. The van der Waals surface area contributed by atoms with Crippen molar-refractivity contribution in [3.63, 3.8) is 0 Å². The third-order valence-electron chi connectivity index (χ3n) is 11.6. The van der Waals surface area contributed by atoms with Crippen molar-refractivity contribution in [1.82, 2.24) is 0 Å². The number of ether oxygens (including phenoxy) is 6. The molecule has 0 aliphatic carbocycles. The van der Waals surface area contributed by atoms with Crippen LogP contribution in [0.1, 0.15) is 149 Å². The summed E-state index contributed by atoms with van der Waals surface area (Å²) in [5.41, 5.74) is 0. The van der Waals surface area contributed by atoms with Gasteiger partial charge in [0.1, 0.15) is 55.4 Å². The van der Waals surface area contributed by atoms with Crippen LogP contribution in [0.25, 0.3) is 0 Å². The van der Waals surface area contributed by atoms with E-state index in [4.69, 9.17) is 28.4 Å². The molecular formula is C54H88O15. The standard InChI is InChI=1S/C54H88O15/c1-3-5-7-9-11-13-15-17-19-20-21-22-23-25-27-29-31-33-35-37-46(57)67-42(39-64-45(56)36-34-32-30-28-26-24-18-16-14-12-10-8-6-4-2)40-65-53-52(63)50(61)48(59)44(69-53)41-66-54-51(62)49(60)47(58)43(38-55)68-54/h10-13,16-19,21-22,25,27,31,33,42-44,47-55,58-63H,3-9,14-15,20,23-24,26,28-30,32,34-41H2,1-2H3/b12-10+,13-11+,18-16+,19-17+,22-21+,27-25+,33-31+/t42-,43+,44+,47-,48-,49?,50?,51?,52?,53+,54+/m1/s1. The summed E-state index contributed by atoms with van der Waals surface area (Å²) in [6, 6.07) is 0. The van der Waals surface area contributed by atoms with Crippen LogP contribution in [0.3, 0.4) is 0 Å². The van der Waals surface area contributed by atoms with Gasteiger partial charge in [-0.1, -0.05) is 144 Å². The van der Waals surface area contributed by atoms with Gasteiger partial charge in [0.2, 0.25) is 0 Å². The third kappa shape index (κ3) is 28.3. The average Bonchev–Trinajstić information content (AvgIpc) is 3.34. The van der Waals surface area contributed by atoms with Crippen LogP contribution in [0, 0.1) is 0 Å². The first-order valence-electron chi connectivity index (χ1n) is 25.7. The molecule has 2 heterocycles. The summed E-state index contributed by atoms with van der Waals surface area (Å²) in [6.45, 7) is 2.40. The predicted molar refractivity (Wildman–Crippen MR) is 265 cm³/mol. The Hall–Kier alpha value is -3.32. The topological polar surface area (TPSA) is 231 Å². The highest BCUT2D eigenvalue weighted by atomic mass is 16.7. The van der Waals surface area contributed by atoms with Gasteiger partial charge in [-0.05, 0) is 77.0 Å². The summed E-state index contributed by atoms with van der Waals surface area (Å²) in [6.07, 6.45) is 31.9. The van der Waals surface area contributed by atoms with Gasteiger partial charge in [0, 0.05) is 12.8 Å². The molecule has 0 radical (unpaired) electrons. The maximum atomic E-state index is 13.0. The van der Waals surface area contributed by atoms with E-state index in [-0.39, 0.29) is 19.4 Å². The molecule has 11 atom stereocenters. The van der Waals surface area contributed by atoms with Crippen molar-refractivity contribution in [2.45, 2.75) is 216 Å². The van der Waals surface area contributed by atoms with E-state index in [2.05, 4.69) is 86.8 Å². The van der Waals surface area contributed by atoms with Crippen molar-refractivity contribution in [2.75, 3.05) is 26.4 Å². The molecule has 0 spiro atoms. The zero-order chi connectivity index (χ0) is 50.3. The van der Waals surface area contributed by atoms with Crippen molar-refractivity contribution < 1.29 is 73.8 Å². The van der Waals surface area contributed by atoms with E-state index in [9.17, 15) is 45.3 Å². The number of unbranched alkanes of at least 4 members (excludes halogenated alkanes) is 10. The Morgan fingerprint density at radius 2 is 0.913 bits per heavy atom. The number of hydrogen-bond acceptors (Lipinski definition) is 15. The van der Waals surface area contributed by atoms with Gasteiger partial charge < -0.3 is 64.2 Å².